The fraction of sp³-hybridized carbons (Fsp3) is 0.154. The second kappa shape index (κ2) is 3.72. The molecule has 0 fully saturated rings. The summed E-state index contributed by atoms with van der Waals surface area (Å²) in [5.74, 6) is 0. The van der Waals surface area contributed by atoms with Gasteiger partial charge in [0.25, 0.3) is 0 Å². The Morgan fingerprint density at radius 3 is 2.73 bits per heavy atom. The molecule has 2 rings (SSSR count). The molecule has 0 radical (unpaired) electrons. The largest absolute Gasteiger partial charge is 0.324 e. The van der Waals surface area contributed by atoms with Gasteiger partial charge in [-0.05, 0) is 35.4 Å². The van der Waals surface area contributed by atoms with Crippen LogP contribution >= 0.6 is 0 Å². The molecule has 0 aliphatic heterocycles. The zero-order valence-corrected chi connectivity index (χ0v) is 8.57. The molecule has 2 aromatic rings. The number of hydrogen-bond donors (Lipinski definition) is 1. The molecule has 0 amide bonds. The number of nitrogens with two attached hydrogens (primary N) is 1. The molecule has 0 aliphatic carbocycles. The van der Waals surface area contributed by atoms with Gasteiger partial charge in [-0.2, -0.15) is 5.26 Å². The van der Waals surface area contributed by atoms with Crippen LogP contribution in [0.2, 0.25) is 0 Å². The van der Waals surface area contributed by atoms with E-state index in [1.54, 1.807) is 0 Å². The lowest BCUT2D eigenvalue weighted by atomic mass is 9.98. The summed E-state index contributed by atoms with van der Waals surface area (Å²) in [6.45, 7) is 1.95. The van der Waals surface area contributed by atoms with Crippen LogP contribution in [-0.4, -0.2) is 0 Å². The molecule has 0 bridgehead atoms. The van der Waals surface area contributed by atoms with E-state index in [0.29, 0.717) is 5.56 Å². The molecule has 2 N–H and O–H groups in total. The molecular formula is C13H12N2. The van der Waals surface area contributed by atoms with Crippen molar-refractivity contribution in [1.82, 2.24) is 0 Å². The third kappa shape index (κ3) is 1.70. The van der Waals surface area contributed by atoms with Gasteiger partial charge in [-0.25, -0.2) is 0 Å². The number of nitrogens with zero attached hydrogens (tertiary/aromatic N) is 1. The SMILES string of the molecule is CC(N)c1cccc2ccc(C#N)cc12. The molecule has 2 nitrogen and oxygen atoms in total. The third-order valence-electron chi connectivity index (χ3n) is 2.54. The van der Waals surface area contributed by atoms with Crippen LogP contribution in [0, 0.1) is 11.3 Å². The Balaban J connectivity index is 2.77. The van der Waals surface area contributed by atoms with Crippen LogP contribution < -0.4 is 5.73 Å². The summed E-state index contributed by atoms with van der Waals surface area (Å²) in [4.78, 5) is 0. The van der Waals surface area contributed by atoms with Crippen LogP contribution in [0.5, 0.6) is 0 Å². The zero-order valence-electron chi connectivity index (χ0n) is 8.57. The Bertz CT molecular complexity index is 536. The highest BCUT2D eigenvalue weighted by Gasteiger charge is 2.05. The fourth-order valence-electron chi connectivity index (χ4n) is 1.76. The minimum Gasteiger partial charge on any atom is -0.324 e. The molecule has 1 unspecified atom stereocenters. The molecule has 0 saturated carbocycles. The Labute approximate surface area is 88.9 Å². The Morgan fingerprint density at radius 1 is 1.27 bits per heavy atom. The van der Waals surface area contributed by atoms with Gasteiger partial charge in [0.1, 0.15) is 0 Å². The minimum atomic E-state index is -0.0114. The molecule has 0 spiro atoms. The van der Waals surface area contributed by atoms with Gasteiger partial charge in [-0.3, -0.25) is 0 Å². The van der Waals surface area contributed by atoms with Crippen molar-refractivity contribution in [3.05, 3.63) is 47.5 Å². The van der Waals surface area contributed by atoms with Crippen molar-refractivity contribution in [2.75, 3.05) is 0 Å². The van der Waals surface area contributed by atoms with E-state index in [9.17, 15) is 0 Å². The van der Waals surface area contributed by atoms with Crippen molar-refractivity contribution in [3.63, 3.8) is 0 Å². The van der Waals surface area contributed by atoms with E-state index in [4.69, 9.17) is 11.0 Å². The molecular weight excluding hydrogens is 184 g/mol. The second-order valence-corrected chi connectivity index (χ2v) is 3.68. The monoisotopic (exact) mass is 196 g/mol. The number of nitriles is 1. The standard InChI is InChI=1S/C13H12N2/c1-9(15)12-4-2-3-11-6-5-10(8-14)7-13(11)12/h2-7,9H,15H2,1H3. The first-order chi connectivity index (χ1) is 7.22. The molecule has 0 aromatic heterocycles. The van der Waals surface area contributed by atoms with Gasteiger partial charge in [0.2, 0.25) is 0 Å². The lowest BCUT2D eigenvalue weighted by Gasteiger charge is -2.09. The first kappa shape index (κ1) is 9.70. The summed E-state index contributed by atoms with van der Waals surface area (Å²) >= 11 is 0. The average molecular weight is 196 g/mol. The van der Waals surface area contributed by atoms with Gasteiger partial charge in [-0.15, -0.1) is 0 Å². The predicted molar refractivity (Wildman–Crippen MR) is 61.3 cm³/mol. The van der Waals surface area contributed by atoms with Crippen LogP contribution in [0.1, 0.15) is 24.1 Å². The first-order valence-corrected chi connectivity index (χ1v) is 4.91. The van der Waals surface area contributed by atoms with Crippen molar-refractivity contribution >= 4 is 10.8 Å². The minimum absolute atomic E-state index is 0.0114. The molecule has 74 valence electrons. The summed E-state index contributed by atoms with van der Waals surface area (Å²) in [7, 11) is 0. The van der Waals surface area contributed by atoms with Crippen molar-refractivity contribution in [2.24, 2.45) is 5.73 Å². The number of rotatable bonds is 1. The van der Waals surface area contributed by atoms with Gasteiger partial charge < -0.3 is 5.73 Å². The van der Waals surface area contributed by atoms with Crippen molar-refractivity contribution in [3.8, 4) is 6.07 Å². The highest BCUT2D eigenvalue weighted by atomic mass is 14.6. The Hall–Kier alpha value is -1.85. The van der Waals surface area contributed by atoms with Crippen molar-refractivity contribution in [2.45, 2.75) is 13.0 Å². The predicted octanol–water partition coefficient (Wildman–Crippen LogP) is 2.73. The molecule has 2 aromatic carbocycles. The van der Waals surface area contributed by atoms with E-state index in [0.717, 1.165) is 16.3 Å². The van der Waals surface area contributed by atoms with Crippen LogP contribution in [0.3, 0.4) is 0 Å². The van der Waals surface area contributed by atoms with E-state index in [1.807, 2.05) is 43.3 Å². The highest BCUT2D eigenvalue weighted by Crippen LogP contribution is 2.23. The zero-order chi connectivity index (χ0) is 10.8. The molecule has 2 heteroatoms. The van der Waals surface area contributed by atoms with Crippen LogP contribution in [0.4, 0.5) is 0 Å². The normalized spacial score (nSPS) is 12.3. The van der Waals surface area contributed by atoms with Crippen LogP contribution in [-0.2, 0) is 0 Å². The number of hydrogen-bond acceptors (Lipinski definition) is 2. The van der Waals surface area contributed by atoms with E-state index >= 15 is 0 Å². The lowest BCUT2D eigenvalue weighted by molar-refractivity contribution is 0.827. The topological polar surface area (TPSA) is 49.8 Å². The summed E-state index contributed by atoms with van der Waals surface area (Å²) in [6.07, 6.45) is 0. The van der Waals surface area contributed by atoms with E-state index in [2.05, 4.69) is 6.07 Å². The van der Waals surface area contributed by atoms with Crippen LogP contribution in [0.15, 0.2) is 36.4 Å². The molecule has 0 heterocycles. The molecule has 1 atom stereocenters. The number of benzene rings is 2. The average Bonchev–Trinajstić information content (AvgIpc) is 2.27. The summed E-state index contributed by atoms with van der Waals surface area (Å²) < 4.78 is 0. The molecule has 0 saturated heterocycles. The van der Waals surface area contributed by atoms with E-state index in [1.165, 1.54) is 0 Å². The number of fused-ring (bicyclic) bond motifs is 1. The quantitative estimate of drug-likeness (QED) is 0.762. The van der Waals surface area contributed by atoms with Gasteiger partial charge in [-0.1, -0.05) is 24.3 Å². The maximum absolute atomic E-state index is 8.85. The lowest BCUT2D eigenvalue weighted by Crippen LogP contribution is -2.05. The summed E-state index contributed by atoms with van der Waals surface area (Å²) in [5.41, 5.74) is 7.65. The van der Waals surface area contributed by atoms with Crippen molar-refractivity contribution in [1.29, 1.82) is 5.26 Å². The van der Waals surface area contributed by atoms with E-state index < -0.39 is 0 Å². The molecule has 0 aliphatic rings. The smallest absolute Gasteiger partial charge is 0.0991 e. The van der Waals surface area contributed by atoms with Gasteiger partial charge >= 0.3 is 0 Å². The second-order valence-electron chi connectivity index (χ2n) is 3.68. The van der Waals surface area contributed by atoms with E-state index in [-0.39, 0.29) is 6.04 Å². The van der Waals surface area contributed by atoms with Gasteiger partial charge in [0, 0.05) is 6.04 Å². The maximum atomic E-state index is 8.85. The summed E-state index contributed by atoms with van der Waals surface area (Å²) in [6, 6.07) is 13.8. The highest BCUT2D eigenvalue weighted by molar-refractivity contribution is 5.87. The fourth-order valence-corrected chi connectivity index (χ4v) is 1.76. The Morgan fingerprint density at radius 2 is 2.07 bits per heavy atom. The summed E-state index contributed by atoms with van der Waals surface area (Å²) in [5, 5.41) is 11.0. The van der Waals surface area contributed by atoms with Gasteiger partial charge in [0.05, 0.1) is 11.6 Å². The van der Waals surface area contributed by atoms with Crippen molar-refractivity contribution < 1.29 is 0 Å². The third-order valence-corrected chi connectivity index (χ3v) is 2.54. The Kier molecular flexibility index (Phi) is 2.40. The first-order valence-electron chi connectivity index (χ1n) is 4.91. The molecule has 15 heavy (non-hydrogen) atoms. The van der Waals surface area contributed by atoms with Crippen LogP contribution in [0.25, 0.3) is 10.8 Å². The van der Waals surface area contributed by atoms with Gasteiger partial charge in [0.15, 0.2) is 0 Å². The maximum Gasteiger partial charge on any atom is 0.0991 e.